The molecule has 1 atom stereocenters. The van der Waals surface area contributed by atoms with Crippen molar-refractivity contribution in [3.05, 3.63) is 53.1 Å². The van der Waals surface area contributed by atoms with Crippen molar-refractivity contribution in [2.24, 2.45) is 7.05 Å². The van der Waals surface area contributed by atoms with E-state index in [0.29, 0.717) is 11.6 Å². The molecule has 0 aliphatic rings. The summed E-state index contributed by atoms with van der Waals surface area (Å²) in [5.74, 6) is -0.426. The molecule has 0 fully saturated rings. The van der Waals surface area contributed by atoms with Gasteiger partial charge >= 0.3 is 6.18 Å². The molecule has 0 aliphatic heterocycles. The molecule has 2 rings (SSSR count). The van der Waals surface area contributed by atoms with Crippen LogP contribution in [0.25, 0.3) is 0 Å². The molecule has 0 spiro atoms. The Labute approximate surface area is 136 Å². The van der Waals surface area contributed by atoms with E-state index in [1.165, 1.54) is 24.0 Å². The molecule has 8 heteroatoms. The smallest absolute Gasteiger partial charge is 0.374 e. The third kappa shape index (κ3) is 3.85. The van der Waals surface area contributed by atoms with E-state index in [9.17, 15) is 18.3 Å². The van der Waals surface area contributed by atoms with E-state index in [1.807, 2.05) is 0 Å². The molecule has 1 unspecified atom stereocenters. The van der Waals surface area contributed by atoms with Crippen LogP contribution in [0.2, 0.25) is 5.02 Å². The van der Waals surface area contributed by atoms with Crippen molar-refractivity contribution in [3.63, 3.8) is 0 Å². The number of benzene rings is 1. The van der Waals surface area contributed by atoms with E-state index in [4.69, 9.17) is 11.6 Å². The van der Waals surface area contributed by atoms with E-state index < -0.39 is 24.0 Å². The van der Waals surface area contributed by atoms with E-state index >= 15 is 0 Å². The lowest BCUT2D eigenvalue weighted by Gasteiger charge is -2.30. The third-order valence-corrected chi connectivity index (χ3v) is 3.97. The molecule has 0 radical (unpaired) electrons. The first kappa shape index (κ1) is 17.8. The van der Waals surface area contributed by atoms with Crippen LogP contribution in [-0.4, -0.2) is 27.4 Å². The van der Waals surface area contributed by atoms with Gasteiger partial charge in [-0.3, -0.25) is 0 Å². The highest BCUT2D eigenvalue weighted by molar-refractivity contribution is 6.31. The van der Waals surface area contributed by atoms with Crippen molar-refractivity contribution in [2.75, 3.05) is 6.54 Å². The first-order chi connectivity index (χ1) is 10.8. The molecule has 2 N–H and O–H groups in total. The number of hydrogen-bond donors (Lipinski definition) is 2. The molecular weight excluding hydrogens is 331 g/mol. The number of halogens is 4. The maximum absolute atomic E-state index is 13.3. The van der Waals surface area contributed by atoms with Gasteiger partial charge in [0.25, 0.3) is 0 Å². The quantitative estimate of drug-likeness (QED) is 0.790. The minimum absolute atomic E-state index is 0.0475. The van der Waals surface area contributed by atoms with Crippen LogP contribution in [0.3, 0.4) is 0 Å². The van der Waals surface area contributed by atoms with Gasteiger partial charge in [-0.25, -0.2) is 4.98 Å². The van der Waals surface area contributed by atoms with Crippen molar-refractivity contribution in [1.82, 2.24) is 14.9 Å². The highest BCUT2D eigenvalue weighted by Crippen LogP contribution is 2.40. The molecule has 1 aromatic carbocycles. The number of aromatic nitrogens is 2. The van der Waals surface area contributed by atoms with Crippen molar-refractivity contribution < 1.29 is 18.3 Å². The Hall–Kier alpha value is -1.57. The highest BCUT2D eigenvalue weighted by atomic mass is 35.5. The average molecular weight is 348 g/mol. The summed E-state index contributed by atoms with van der Waals surface area (Å²) < 4.78 is 41.1. The molecule has 23 heavy (non-hydrogen) atoms. The van der Waals surface area contributed by atoms with E-state index in [0.717, 1.165) is 5.56 Å². The van der Waals surface area contributed by atoms with E-state index in [1.54, 1.807) is 24.3 Å². The lowest BCUT2D eigenvalue weighted by atomic mass is 9.97. The number of imidazole rings is 1. The summed E-state index contributed by atoms with van der Waals surface area (Å²) in [6, 6.07) is 7.06. The Bertz CT molecular complexity index is 659. The predicted molar refractivity (Wildman–Crippen MR) is 80.9 cm³/mol. The van der Waals surface area contributed by atoms with Gasteiger partial charge in [-0.15, -0.1) is 0 Å². The maximum atomic E-state index is 13.3. The second-order valence-electron chi connectivity index (χ2n) is 5.24. The molecular formula is C15H17ClF3N3O. The fraction of sp³-hybridized carbons (Fsp3) is 0.400. The zero-order valence-corrected chi connectivity index (χ0v) is 13.2. The summed E-state index contributed by atoms with van der Waals surface area (Å²) in [7, 11) is 1.41. The number of aryl methyl sites for hydroxylation is 1. The molecule has 1 aromatic heterocycles. The molecule has 0 saturated heterocycles. The topological polar surface area (TPSA) is 50.1 Å². The standard InChI is InChI=1S/C15H17ClF3N3O/c1-22-9-8-21-13(22)14(23,15(17,18)19)6-7-20-10-11-4-2-3-5-12(11)16/h2-5,8-9,20,23H,6-7,10H2,1H3. The average Bonchev–Trinajstić information content (AvgIpc) is 2.90. The molecule has 4 nitrogen and oxygen atoms in total. The Kier molecular flexibility index (Phi) is 5.33. The summed E-state index contributed by atoms with van der Waals surface area (Å²) in [6.07, 6.45) is -2.78. The number of aliphatic hydroxyl groups is 1. The van der Waals surface area contributed by atoms with Crippen LogP contribution in [0.5, 0.6) is 0 Å². The van der Waals surface area contributed by atoms with Crippen LogP contribution in [0.4, 0.5) is 13.2 Å². The Morgan fingerprint density at radius 3 is 2.57 bits per heavy atom. The highest BCUT2D eigenvalue weighted by Gasteiger charge is 2.56. The first-order valence-electron chi connectivity index (χ1n) is 6.97. The minimum atomic E-state index is -4.82. The Balaban J connectivity index is 2.03. The predicted octanol–water partition coefficient (Wildman–Crippen LogP) is 3.00. The summed E-state index contributed by atoms with van der Waals surface area (Å²) >= 11 is 5.98. The molecule has 0 saturated carbocycles. The van der Waals surface area contributed by atoms with Gasteiger partial charge in [-0.1, -0.05) is 29.8 Å². The van der Waals surface area contributed by atoms with Crippen LogP contribution in [-0.2, 0) is 19.2 Å². The monoisotopic (exact) mass is 347 g/mol. The van der Waals surface area contributed by atoms with Gasteiger partial charge in [0.2, 0.25) is 5.60 Å². The molecule has 0 amide bonds. The zero-order valence-electron chi connectivity index (χ0n) is 12.4. The van der Waals surface area contributed by atoms with Crippen LogP contribution in [0.15, 0.2) is 36.7 Å². The van der Waals surface area contributed by atoms with Gasteiger partial charge in [-0.2, -0.15) is 13.2 Å². The number of alkyl halides is 3. The molecule has 0 bridgehead atoms. The van der Waals surface area contributed by atoms with Crippen molar-refractivity contribution in [3.8, 4) is 0 Å². The number of rotatable bonds is 6. The summed E-state index contributed by atoms with van der Waals surface area (Å²) in [5, 5.41) is 13.6. The lowest BCUT2D eigenvalue weighted by Crippen LogP contribution is -2.46. The van der Waals surface area contributed by atoms with E-state index in [2.05, 4.69) is 10.3 Å². The van der Waals surface area contributed by atoms with Gasteiger partial charge in [0.05, 0.1) is 0 Å². The van der Waals surface area contributed by atoms with E-state index in [-0.39, 0.29) is 6.54 Å². The first-order valence-corrected chi connectivity index (χ1v) is 7.34. The van der Waals surface area contributed by atoms with Gasteiger partial charge in [-0.05, 0) is 18.2 Å². The van der Waals surface area contributed by atoms with Crippen LogP contribution < -0.4 is 5.32 Å². The molecule has 0 aliphatic carbocycles. The van der Waals surface area contributed by atoms with Gasteiger partial charge in [0.15, 0.2) is 0 Å². The summed E-state index contributed by atoms with van der Waals surface area (Å²) in [5.41, 5.74) is -2.22. The minimum Gasteiger partial charge on any atom is -0.374 e. The fourth-order valence-corrected chi connectivity index (χ4v) is 2.48. The van der Waals surface area contributed by atoms with Crippen LogP contribution in [0, 0.1) is 0 Å². The largest absolute Gasteiger partial charge is 0.424 e. The number of nitrogens with zero attached hydrogens (tertiary/aromatic N) is 2. The molecule has 1 heterocycles. The van der Waals surface area contributed by atoms with Gasteiger partial charge < -0.3 is 15.0 Å². The Morgan fingerprint density at radius 1 is 1.30 bits per heavy atom. The number of nitrogens with one attached hydrogen (secondary N) is 1. The molecule has 126 valence electrons. The summed E-state index contributed by atoms with van der Waals surface area (Å²) in [4.78, 5) is 3.65. The van der Waals surface area contributed by atoms with Crippen LogP contribution in [0.1, 0.15) is 17.8 Å². The number of hydrogen-bond acceptors (Lipinski definition) is 3. The SMILES string of the molecule is Cn1ccnc1C(O)(CCNCc1ccccc1Cl)C(F)(F)F. The third-order valence-electron chi connectivity index (χ3n) is 3.60. The maximum Gasteiger partial charge on any atom is 0.424 e. The second kappa shape index (κ2) is 6.90. The zero-order chi connectivity index (χ0) is 17.1. The van der Waals surface area contributed by atoms with Gasteiger partial charge in [0, 0.05) is 37.4 Å². The van der Waals surface area contributed by atoms with Crippen molar-refractivity contribution in [2.45, 2.75) is 24.7 Å². The van der Waals surface area contributed by atoms with Crippen molar-refractivity contribution in [1.29, 1.82) is 0 Å². The van der Waals surface area contributed by atoms with Crippen LogP contribution >= 0.6 is 11.6 Å². The van der Waals surface area contributed by atoms with Gasteiger partial charge in [0.1, 0.15) is 5.82 Å². The van der Waals surface area contributed by atoms with Crippen molar-refractivity contribution >= 4 is 11.6 Å². The molecule has 2 aromatic rings. The Morgan fingerprint density at radius 2 is 2.00 bits per heavy atom. The normalized spacial score (nSPS) is 14.7. The fourth-order valence-electron chi connectivity index (χ4n) is 2.28. The summed E-state index contributed by atoms with van der Waals surface area (Å²) in [6.45, 7) is 0.266. The second-order valence-corrected chi connectivity index (χ2v) is 5.65. The lowest BCUT2D eigenvalue weighted by molar-refractivity contribution is -0.272.